The van der Waals surface area contributed by atoms with Crippen molar-refractivity contribution in [1.82, 2.24) is 26.2 Å². The predicted molar refractivity (Wildman–Crippen MR) is 171 cm³/mol. The first-order chi connectivity index (χ1) is 20.7. The molecule has 2 aliphatic rings. The molecule has 0 aromatic carbocycles. The lowest BCUT2D eigenvalue weighted by atomic mass is 9.85. The third kappa shape index (κ3) is 8.94. The summed E-state index contributed by atoms with van der Waals surface area (Å²) in [6, 6.07) is -4.75. The Balaban J connectivity index is 2.32. The summed E-state index contributed by atoms with van der Waals surface area (Å²) in [5.74, 6) is -3.29. The fraction of sp³-hybridized carbons (Fsp3) is 0.697. The summed E-state index contributed by atoms with van der Waals surface area (Å²) in [6.07, 6.45) is 3.67. The lowest BCUT2D eigenvalue weighted by Crippen LogP contribution is -2.62. The van der Waals surface area contributed by atoms with Gasteiger partial charge in [-0.25, -0.2) is 9.59 Å². The van der Waals surface area contributed by atoms with E-state index in [2.05, 4.69) is 34.4 Å². The lowest BCUT2D eigenvalue weighted by Gasteiger charge is -2.38. The fourth-order valence-electron chi connectivity index (χ4n) is 6.01. The monoisotopic (exact) mass is 631 g/mol. The van der Waals surface area contributed by atoms with Gasteiger partial charge in [0.2, 0.25) is 17.6 Å². The number of ether oxygens (including phenoxy) is 1. The molecule has 0 radical (unpaired) electrons. The van der Waals surface area contributed by atoms with Gasteiger partial charge in [0.1, 0.15) is 24.7 Å². The van der Waals surface area contributed by atoms with E-state index < -0.39 is 70.5 Å². The van der Waals surface area contributed by atoms with E-state index >= 15 is 0 Å². The number of ketones is 1. The molecule has 0 aromatic heterocycles. The van der Waals surface area contributed by atoms with E-state index in [0.29, 0.717) is 13.0 Å². The molecule has 4 N–H and O–H groups in total. The van der Waals surface area contributed by atoms with Gasteiger partial charge in [0, 0.05) is 13.1 Å². The molecule has 1 aliphatic heterocycles. The summed E-state index contributed by atoms with van der Waals surface area (Å²) in [6.45, 7) is 24.1. The van der Waals surface area contributed by atoms with Crippen molar-refractivity contribution in [3.63, 3.8) is 0 Å². The number of rotatable bonds is 14. The molecular formula is C33H53N5O7. The molecule has 2 rings (SSSR count). The van der Waals surface area contributed by atoms with E-state index in [-0.39, 0.29) is 36.8 Å². The van der Waals surface area contributed by atoms with Crippen LogP contribution in [0.15, 0.2) is 25.3 Å². The minimum atomic E-state index is -1.06. The quantitative estimate of drug-likeness (QED) is 0.130. The van der Waals surface area contributed by atoms with Gasteiger partial charge in [-0.3, -0.25) is 19.2 Å². The SMILES string of the molecule is C=CCNC(=O)C(=O)C(CCC)NC(=O)[C@@H]1[C@@H]2[C@H](CN1C(=O)[C@@H](NC(=O)N[C@H](C(=O)OCC=C)C(C)(C)C)C(C)(C)C)C2(C)C. The third-order valence-corrected chi connectivity index (χ3v) is 8.71. The van der Waals surface area contributed by atoms with Crippen LogP contribution in [0.4, 0.5) is 4.79 Å². The summed E-state index contributed by atoms with van der Waals surface area (Å²) in [4.78, 5) is 80.9. The van der Waals surface area contributed by atoms with Gasteiger partial charge in [-0.2, -0.15) is 0 Å². The van der Waals surface area contributed by atoms with E-state index in [1.165, 1.54) is 17.1 Å². The molecule has 252 valence electrons. The number of carbonyl (C=O) groups excluding carboxylic acids is 6. The molecule has 1 aliphatic carbocycles. The normalized spacial score (nSPS) is 22.1. The Kier molecular flexibility index (Phi) is 12.2. The van der Waals surface area contributed by atoms with Crippen LogP contribution < -0.4 is 21.3 Å². The summed E-state index contributed by atoms with van der Waals surface area (Å²) in [7, 11) is 0. The highest BCUT2D eigenvalue weighted by Crippen LogP contribution is 2.65. The van der Waals surface area contributed by atoms with Crippen LogP contribution in [0.5, 0.6) is 0 Å². The average molecular weight is 632 g/mol. The van der Waals surface area contributed by atoms with Crippen molar-refractivity contribution in [3.05, 3.63) is 25.3 Å². The first kappa shape index (κ1) is 37.5. The first-order valence-corrected chi connectivity index (χ1v) is 15.6. The predicted octanol–water partition coefficient (Wildman–Crippen LogP) is 2.48. The second-order valence-corrected chi connectivity index (χ2v) is 14.7. The Morgan fingerprint density at radius 3 is 2.02 bits per heavy atom. The van der Waals surface area contributed by atoms with Crippen molar-refractivity contribution in [2.75, 3.05) is 19.7 Å². The number of carbonyl (C=O) groups is 6. The Bertz CT molecular complexity index is 1180. The van der Waals surface area contributed by atoms with Gasteiger partial charge >= 0.3 is 12.0 Å². The number of amides is 5. The molecule has 1 saturated heterocycles. The van der Waals surface area contributed by atoms with Gasteiger partial charge in [0.25, 0.3) is 5.91 Å². The van der Waals surface area contributed by atoms with E-state index in [1.54, 1.807) is 41.5 Å². The molecule has 45 heavy (non-hydrogen) atoms. The molecule has 1 unspecified atom stereocenters. The van der Waals surface area contributed by atoms with Crippen molar-refractivity contribution < 1.29 is 33.5 Å². The van der Waals surface area contributed by atoms with Gasteiger partial charge in [-0.1, -0.05) is 87.5 Å². The molecule has 6 atom stereocenters. The number of Topliss-reactive ketones (excluding diaryl/α,β-unsaturated/α-hetero) is 1. The smallest absolute Gasteiger partial charge is 0.329 e. The van der Waals surface area contributed by atoms with Crippen molar-refractivity contribution in [1.29, 1.82) is 0 Å². The van der Waals surface area contributed by atoms with Crippen LogP contribution in [-0.2, 0) is 28.7 Å². The van der Waals surface area contributed by atoms with E-state index in [9.17, 15) is 28.8 Å². The summed E-state index contributed by atoms with van der Waals surface area (Å²) in [5.41, 5.74) is -1.68. The van der Waals surface area contributed by atoms with Crippen molar-refractivity contribution in [2.24, 2.45) is 28.1 Å². The Morgan fingerprint density at radius 2 is 1.51 bits per heavy atom. The van der Waals surface area contributed by atoms with E-state index in [1.807, 2.05) is 20.8 Å². The van der Waals surface area contributed by atoms with E-state index in [4.69, 9.17) is 4.74 Å². The van der Waals surface area contributed by atoms with Crippen LogP contribution in [0, 0.1) is 28.1 Å². The second-order valence-electron chi connectivity index (χ2n) is 14.7. The summed E-state index contributed by atoms with van der Waals surface area (Å²) in [5, 5.41) is 10.6. The number of urea groups is 1. The zero-order valence-corrected chi connectivity index (χ0v) is 28.4. The summed E-state index contributed by atoms with van der Waals surface area (Å²) < 4.78 is 5.19. The molecule has 1 heterocycles. The van der Waals surface area contributed by atoms with Crippen LogP contribution in [0.25, 0.3) is 0 Å². The van der Waals surface area contributed by atoms with Crippen molar-refractivity contribution in [2.45, 2.75) is 99.3 Å². The molecule has 1 saturated carbocycles. The van der Waals surface area contributed by atoms with Crippen molar-refractivity contribution >= 4 is 35.5 Å². The maximum Gasteiger partial charge on any atom is 0.329 e. The molecule has 12 heteroatoms. The second kappa shape index (κ2) is 14.6. The number of hydrogen-bond acceptors (Lipinski definition) is 7. The zero-order chi connectivity index (χ0) is 34.5. The molecule has 2 fully saturated rings. The Hall–Kier alpha value is -3.70. The van der Waals surface area contributed by atoms with Crippen LogP contribution in [-0.4, -0.2) is 84.3 Å². The maximum atomic E-state index is 14.2. The average Bonchev–Trinajstić information content (AvgIpc) is 3.26. The molecular weight excluding hydrogens is 578 g/mol. The van der Waals surface area contributed by atoms with Crippen LogP contribution in [0.1, 0.15) is 75.2 Å². The van der Waals surface area contributed by atoms with Crippen LogP contribution in [0.2, 0.25) is 0 Å². The number of hydrogen-bond donors (Lipinski definition) is 4. The van der Waals surface area contributed by atoms with Gasteiger partial charge in [-0.15, -0.1) is 6.58 Å². The van der Waals surface area contributed by atoms with Crippen LogP contribution >= 0.6 is 0 Å². The van der Waals surface area contributed by atoms with Gasteiger partial charge < -0.3 is 30.9 Å². The Morgan fingerprint density at radius 1 is 0.933 bits per heavy atom. The van der Waals surface area contributed by atoms with Gasteiger partial charge in [0.05, 0.1) is 6.04 Å². The largest absolute Gasteiger partial charge is 0.460 e. The minimum Gasteiger partial charge on any atom is -0.460 e. The molecule has 5 amide bonds. The summed E-state index contributed by atoms with van der Waals surface area (Å²) >= 11 is 0. The highest BCUT2D eigenvalue weighted by atomic mass is 16.5. The topological polar surface area (TPSA) is 163 Å². The number of nitrogens with zero attached hydrogens (tertiary/aromatic N) is 1. The first-order valence-electron chi connectivity index (χ1n) is 15.6. The highest BCUT2D eigenvalue weighted by Gasteiger charge is 2.70. The third-order valence-electron chi connectivity index (χ3n) is 8.71. The number of esters is 1. The number of nitrogens with one attached hydrogen (secondary N) is 4. The lowest BCUT2D eigenvalue weighted by molar-refractivity contribution is -0.147. The van der Waals surface area contributed by atoms with Crippen molar-refractivity contribution in [3.8, 4) is 0 Å². The van der Waals surface area contributed by atoms with Crippen LogP contribution in [0.3, 0.4) is 0 Å². The standard InChI is InChI=1S/C33H53N5O7/c1-12-15-20(23(39)27(41)34-16-13-2)35-26(40)22-21-19(33(21,10)11)18-38(22)28(42)24(31(4,5)6)36-30(44)37-25(32(7,8)9)29(43)45-17-14-3/h13-14,19-22,24-25H,2-3,12,15-18H2,1,4-11H3,(H,34,41)(H,35,40)(H2,36,37,44)/t19-,20?,21-,22-,24+,25+/m0/s1. The maximum absolute atomic E-state index is 14.2. The highest BCUT2D eigenvalue weighted by molar-refractivity contribution is 6.38. The molecule has 0 aromatic rings. The number of fused-ring (bicyclic) bond motifs is 1. The van der Waals surface area contributed by atoms with Gasteiger partial charge in [-0.05, 0) is 34.5 Å². The number of piperidine rings is 1. The molecule has 12 nitrogen and oxygen atoms in total. The Labute approximate surface area is 267 Å². The minimum absolute atomic E-state index is 0.0148. The fourth-order valence-corrected chi connectivity index (χ4v) is 6.01. The number of likely N-dealkylation sites (tertiary alicyclic amines) is 1. The van der Waals surface area contributed by atoms with E-state index in [0.717, 1.165) is 0 Å². The van der Waals surface area contributed by atoms with Gasteiger partial charge in [0.15, 0.2) is 0 Å². The molecule has 0 bridgehead atoms. The molecule has 0 spiro atoms. The zero-order valence-electron chi connectivity index (χ0n) is 28.4.